The SMILES string of the molecule is C=C(C)C(=O)Nc1ccccc1-c1cc(NC2C(=O)C(=O)C2N[C@H](C)c2ccccc2)ccn1. The summed E-state index contributed by atoms with van der Waals surface area (Å²) in [6.45, 7) is 7.27. The van der Waals surface area contributed by atoms with Crippen molar-refractivity contribution in [3.05, 3.63) is 90.6 Å². The molecular formula is C27H26N4O3. The maximum atomic E-state index is 12.4. The van der Waals surface area contributed by atoms with Crippen LogP contribution < -0.4 is 16.0 Å². The van der Waals surface area contributed by atoms with Gasteiger partial charge in [0.05, 0.1) is 11.4 Å². The fourth-order valence-corrected chi connectivity index (χ4v) is 3.83. The molecule has 0 spiro atoms. The lowest BCUT2D eigenvalue weighted by molar-refractivity contribution is -0.145. The van der Waals surface area contributed by atoms with Crippen molar-refractivity contribution in [2.24, 2.45) is 0 Å². The maximum absolute atomic E-state index is 12.4. The van der Waals surface area contributed by atoms with Gasteiger partial charge in [-0.2, -0.15) is 0 Å². The lowest BCUT2D eigenvalue weighted by Gasteiger charge is -2.36. The molecule has 0 radical (unpaired) electrons. The third kappa shape index (κ3) is 4.79. The number of hydrogen-bond acceptors (Lipinski definition) is 6. The lowest BCUT2D eigenvalue weighted by Crippen LogP contribution is -2.67. The summed E-state index contributed by atoms with van der Waals surface area (Å²) in [4.78, 5) is 41.2. The Labute approximate surface area is 198 Å². The Morgan fingerprint density at radius 1 is 0.971 bits per heavy atom. The van der Waals surface area contributed by atoms with E-state index in [1.807, 2.05) is 55.5 Å². The number of nitrogens with one attached hydrogen (secondary N) is 3. The topological polar surface area (TPSA) is 100 Å². The second-order valence-electron chi connectivity index (χ2n) is 8.34. The molecule has 172 valence electrons. The number of carbonyl (C=O) groups is 3. The van der Waals surface area contributed by atoms with Crippen LogP contribution in [0.5, 0.6) is 0 Å². The Bertz CT molecular complexity index is 1260. The Hall–Kier alpha value is -4.10. The van der Waals surface area contributed by atoms with E-state index in [4.69, 9.17) is 0 Å². The van der Waals surface area contributed by atoms with Gasteiger partial charge in [0.15, 0.2) is 0 Å². The normalized spacial score (nSPS) is 18.1. The van der Waals surface area contributed by atoms with Crippen molar-refractivity contribution in [1.29, 1.82) is 0 Å². The summed E-state index contributed by atoms with van der Waals surface area (Å²) in [7, 11) is 0. The number of pyridine rings is 1. The van der Waals surface area contributed by atoms with Crippen molar-refractivity contribution in [3.8, 4) is 11.3 Å². The van der Waals surface area contributed by atoms with Gasteiger partial charge < -0.3 is 10.6 Å². The van der Waals surface area contributed by atoms with Crippen LogP contribution in [0.25, 0.3) is 11.3 Å². The number of rotatable bonds is 8. The first-order valence-corrected chi connectivity index (χ1v) is 11.0. The number of para-hydroxylation sites is 1. The van der Waals surface area contributed by atoms with Gasteiger partial charge in [-0.1, -0.05) is 55.1 Å². The molecule has 7 nitrogen and oxygen atoms in total. The Kier molecular flexibility index (Phi) is 6.65. The standard InChI is InChI=1S/C27H26N4O3/c1-16(2)27(34)31-21-12-8-7-11-20(21)22-15-19(13-14-28-22)30-24-23(25(32)26(24)33)29-17(3)18-9-5-4-6-10-18/h4-15,17,23-24,29H,1H2,2-3H3,(H,28,30)(H,31,34)/t17-,23?,24?/m1/s1. The first-order valence-electron chi connectivity index (χ1n) is 11.0. The summed E-state index contributed by atoms with van der Waals surface area (Å²) in [5.41, 5.74) is 4.02. The lowest BCUT2D eigenvalue weighted by atomic mass is 9.82. The number of nitrogens with zero attached hydrogens (tertiary/aromatic N) is 1. The van der Waals surface area contributed by atoms with Gasteiger partial charge in [0.2, 0.25) is 11.6 Å². The summed E-state index contributed by atoms with van der Waals surface area (Å²) in [5.74, 6) is -1.16. The number of amides is 1. The summed E-state index contributed by atoms with van der Waals surface area (Å²) in [6, 6.07) is 19.2. The van der Waals surface area contributed by atoms with E-state index in [0.29, 0.717) is 22.6 Å². The van der Waals surface area contributed by atoms with Crippen molar-refractivity contribution in [3.63, 3.8) is 0 Å². The van der Waals surface area contributed by atoms with E-state index < -0.39 is 23.7 Å². The third-order valence-corrected chi connectivity index (χ3v) is 5.79. The highest BCUT2D eigenvalue weighted by molar-refractivity contribution is 6.49. The van der Waals surface area contributed by atoms with Crippen LogP contribution in [0.3, 0.4) is 0 Å². The molecule has 2 unspecified atom stereocenters. The molecule has 3 N–H and O–H groups in total. The van der Waals surface area contributed by atoms with Crippen LogP contribution >= 0.6 is 0 Å². The van der Waals surface area contributed by atoms with Gasteiger partial charge in [0.1, 0.15) is 12.1 Å². The summed E-state index contributed by atoms with van der Waals surface area (Å²) in [6.07, 6.45) is 1.62. The molecule has 1 heterocycles. The van der Waals surface area contributed by atoms with E-state index >= 15 is 0 Å². The Morgan fingerprint density at radius 3 is 2.38 bits per heavy atom. The van der Waals surface area contributed by atoms with Crippen LogP contribution in [0.4, 0.5) is 11.4 Å². The molecule has 1 aliphatic rings. The van der Waals surface area contributed by atoms with Gasteiger partial charge in [0.25, 0.3) is 5.91 Å². The highest BCUT2D eigenvalue weighted by atomic mass is 16.2. The minimum Gasteiger partial charge on any atom is -0.373 e. The van der Waals surface area contributed by atoms with Crippen molar-refractivity contribution in [1.82, 2.24) is 10.3 Å². The predicted molar refractivity (Wildman–Crippen MR) is 132 cm³/mol. The second kappa shape index (κ2) is 9.80. The minimum atomic E-state index is -0.674. The molecule has 1 aromatic heterocycles. The van der Waals surface area contributed by atoms with Crippen LogP contribution in [0, 0.1) is 0 Å². The van der Waals surface area contributed by atoms with Gasteiger partial charge in [-0.25, -0.2) is 0 Å². The molecule has 4 rings (SSSR count). The zero-order chi connectivity index (χ0) is 24.2. The molecule has 3 atom stereocenters. The number of carbonyl (C=O) groups excluding carboxylic acids is 3. The van der Waals surface area contributed by atoms with Gasteiger partial charge in [0, 0.05) is 29.1 Å². The van der Waals surface area contributed by atoms with E-state index in [1.165, 1.54) is 0 Å². The van der Waals surface area contributed by atoms with Crippen LogP contribution in [-0.4, -0.2) is 34.5 Å². The van der Waals surface area contributed by atoms with Crippen molar-refractivity contribution in [2.75, 3.05) is 10.6 Å². The van der Waals surface area contributed by atoms with Crippen molar-refractivity contribution >= 4 is 28.8 Å². The van der Waals surface area contributed by atoms with E-state index in [-0.39, 0.29) is 11.9 Å². The number of anilines is 2. The predicted octanol–water partition coefficient (Wildman–Crippen LogP) is 3.91. The quantitative estimate of drug-likeness (QED) is 0.352. The smallest absolute Gasteiger partial charge is 0.250 e. The Balaban J connectivity index is 1.52. The van der Waals surface area contributed by atoms with Crippen LogP contribution in [0.1, 0.15) is 25.5 Å². The van der Waals surface area contributed by atoms with E-state index in [0.717, 1.165) is 11.1 Å². The zero-order valence-electron chi connectivity index (χ0n) is 19.0. The fraction of sp³-hybridized carbons (Fsp3) is 0.185. The number of Topliss-reactive ketones (excluding diaryl/α,β-unsaturated/α-hetero) is 2. The highest BCUT2D eigenvalue weighted by Gasteiger charge is 2.49. The van der Waals surface area contributed by atoms with Gasteiger partial charge in [-0.05, 0) is 37.6 Å². The number of aromatic nitrogens is 1. The zero-order valence-corrected chi connectivity index (χ0v) is 19.0. The first-order chi connectivity index (χ1) is 16.3. The molecule has 1 aliphatic carbocycles. The number of benzene rings is 2. The van der Waals surface area contributed by atoms with Crippen LogP contribution in [-0.2, 0) is 14.4 Å². The monoisotopic (exact) mass is 454 g/mol. The van der Waals surface area contributed by atoms with Gasteiger partial charge >= 0.3 is 0 Å². The average molecular weight is 455 g/mol. The average Bonchev–Trinajstić information content (AvgIpc) is 2.86. The minimum absolute atomic E-state index is 0.0932. The van der Waals surface area contributed by atoms with Crippen molar-refractivity contribution < 1.29 is 14.4 Å². The Morgan fingerprint density at radius 2 is 1.65 bits per heavy atom. The molecule has 0 saturated heterocycles. The van der Waals surface area contributed by atoms with E-state index in [2.05, 4.69) is 27.5 Å². The summed E-state index contributed by atoms with van der Waals surface area (Å²) >= 11 is 0. The third-order valence-electron chi connectivity index (χ3n) is 5.79. The van der Waals surface area contributed by atoms with Gasteiger partial charge in [-0.15, -0.1) is 0 Å². The van der Waals surface area contributed by atoms with E-state index in [9.17, 15) is 14.4 Å². The molecule has 2 aromatic carbocycles. The number of hydrogen-bond donors (Lipinski definition) is 3. The highest BCUT2D eigenvalue weighted by Crippen LogP contribution is 2.29. The summed E-state index contributed by atoms with van der Waals surface area (Å²) < 4.78 is 0. The maximum Gasteiger partial charge on any atom is 0.250 e. The molecule has 0 aliphatic heterocycles. The molecule has 0 bridgehead atoms. The molecule has 1 saturated carbocycles. The molecule has 7 heteroatoms. The summed E-state index contributed by atoms with van der Waals surface area (Å²) in [5, 5.41) is 9.29. The van der Waals surface area contributed by atoms with Crippen molar-refractivity contribution in [2.45, 2.75) is 32.0 Å². The van der Waals surface area contributed by atoms with Gasteiger partial charge in [-0.3, -0.25) is 24.7 Å². The van der Waals surface area contributed by atoms with Crippen LogP contribution in [0.2, 0.25) is 0 Å². The molecule has 34 heavy (non-hydrogen) atoms. The molecule has 1 amide bonds. The largest absolute Gasteiger partial charge is 0.373 e. The first kappa shape index (κ1) is 23.1. The number of ketones is 2. The molecule has 1 fully saturated rings. The van der Waals surface area contributed by atoms with E-state index in [1.54, 1.807) is 31.3 Å². The molecule has 3 aromatic rings. The fourth-order valence-electron chi connectivity index (χ4n) is 3.83. The van der Waals surface area contributed by atoms with Crippen LogP contribution in [0.15, 0.2) is 85.1 Å². The second-order valence-corrected chi connectivity index (χ2v) is 8.34. The molecular weight excluding hydrogens is 428 g/mol.